The number of carboxylic acids is 1. The van der Waals surface area contributed by atoms with Gasteiger partial charge in [-0.15, -0.1) is 11.3 Å². The standard InChI is InChI=1S/C37H44ClNO8S/c1-44-30-17-15-24(21-31(30)45-2)14-16-29(26-11-8-12-27(22-26)46-23-34(40)41)47-37(43)28-13-6-7-20-39(28)36(42)35(25-9-4-3-5-10-25)32-18-19-33(38)48-32/h8,11-12,15,17-19,21-22,25,28-29,35H,3-7,9-10,13-14,16,20,23H2,1-2H3,(H,40,41)/t28-,29+,35?/m0/s1. The molecule has 1 amide bonds. The van der Waals surface area contributed by atoms with E-state index < -0.39 is 30.7 Å². The summed E-state index contributed by atoms with van der Waals surface area (Å²) < 4.78 is 23.3. The minimum absolute atomic E-state index is 0.0204. The van der Waals surface area contributed by atoms with Crippen molar-refractivity contribution < 1.29 is 38.4 Å². The van der Waals surface area contributed by atoms with Crippen LogP contribution in [0.4, 0.5) is 0 Å². The maximum absolute atomic E-state index is 14.5. The Morgan fingerprint density at radius 3 is 2.42 bits per heavy atom. The number of piperidine rings is 1. The molecule has 1 saturated heterocycles. The highest BCUT2D eigenvalue weighted by Gasteiger charge is 2.41. The number of aliphatic carboxylic acids is 1. The number of methoxy groups -OCH3 is 2. The third kappa shape index (κ3) is 9.02. The molecule has 0 spiro atoms. The molecule has 0 radical (unpaired) electrons. The molecule has 3 atom stereocenters. The average molecular weight is 698 g/mol. The van der Waals surface area contributed by atoms with E-state index in [0.717, 1.165) is 49.0 Å². The first-order valence-corrected chi connectivity index (χ1v) is 17.9. The van der Waals surface area contributed by atoms with Crippen molar-refractivity contribution in [2.24, 2.45) is 5.92 Å². The first kappa shape index (κ1) is 35.5. The molecule has 1 aliphatic heterocycles. The summed E-state index contributed by atoms with van der Waals surface area (Å²) in [6.07, 6.45) is 7.79. The number of nitrogens with zero attached hydrogens (tertiary/aromatic N) is 1. The molecule has 9 nitrogen and oxygen atoms in total. The van der Waals surface area contributed by atoms with Crippen LogP contribution in [0.15, 0.2) is 54.6 Å². The Morgan fingerprint density at radius 1 is 0.938 bits per heavy atom. The van der Waals surface area contributed by atoms with Crippen LogP contribution in [0, 0.1) is 5.92 Å². The van der Waals surface area contributed by atoms with Gasteiger partial charge in [-0.2, -0.15) is 0 Å². The van der Waals surface area contributed by atoms with Gasteiger partial charge < -0.3 is 29.0 Å². The number of ether oxygens (including phenoxy) is 4. The van der Waals surface area contributed by atoms with Crippen molar-refractivity contribution >= 4 is 40.8 Å². The second-order valence-electron chi connectivity index (χ2n) is 12.5. The number of hydrogen-bond donors (Lipinski definition) is 1. The Kier molecular flexibility index (Phi) is 12.6. The monoisotopic (exact) mass is 697 g/mol. The fourth-order valence-corrected chi connectivity index (χ4v) is 8.18. The topological polar surface area (TPSA) is 112 Å². The van der Waals surface area contributed by atoms with Gasteiger partial charge in [0.2, 0.25) is 5.91 Å². The molecule has 1 saturated carbocycles. The van der Waals surface area contributed by atoms with Crippen molar-refractivity contribution in [3.63, 3.8) is 0 Å². The molecule has 1 aliphatic carbocycles. The highest BCUT2D eigenvalue weighted by atomic mass is 35.5. The number of esters is 1. The number of benzene rings is 2. The molecule has 1 unspecified atom stereocenters. The number of halogens is 1. The number of carbonyl (C=O) groups is 3. The third-order valence-corrected chi connectivity index (χ3v) is 10.7. The summed E-state index contributed by atoms with van der Waals surface area (Å²) in [5.41, 5.74) is 1.64. The molecule has 11 heteroatoms. The van der Waals surface area contributed by atoms with Crippen molar-refractivity contribution in [2.45, 2.75) is 82.3 Å². The molecule has 2 aromatic carbocycles. The van der Waals surface area contributed by atoms with Crippen LogP contribution >= 0.6 is 22.9 Å². The Balaban J connectivity index is 1.39. The van der Waals surface area contributed by atoms with Gasteiger partial charge in [-0.1, -0.05) is 49.1 Å². The van der Waals surface area contributed by atoms with Gasteiger partial charge in [0, 0.05) is 11.4 Å². The normalized spacial score (nSPS) is 18.1. The number of carboxylic acid groups (broad SMARTS) is 1. The predicted molar refractivity (Wildman–Crippen MR) is 184 cm³/mol. The van der Waals surface area contributed by atoms with Gasteiger partial charge >= 0.3 is 11.9 Å². The van der Waals surface area contributed by atoms with Crippen LogP contribution in [-0.4, -0.2) is 61.3 Å². The maximum Gasteiger partial charge on any atom is 0.341 e. The van der Waals surface area contributed by atoms with E-state index in [-0.39, 0.29) is 17.7 Å². The fourth-order valence-electron chi connectivity index (χ4n) is 6.93. The Hall–Kier alpha value is -3.76. The SMILES string of the molecule is COc1ccc(CC[C@@H](OC(=O)[C@@H]2CCCCN2C(=O)C(c2ccc(Cl)s2)C2CCCCC2)c2cccc(OCC(=O)O)c2)cc1OC. The zero-order chi connectivity index (χ0) is 34.0. The van der Waals surface area contributed by atoms with Crippen LogP contribution in [0.3, 0.4) is 0 Å². The molecule has 5 rings (SSSR count). The summed E-state index contributed by atoms with van der Waals surface area (Å²) in [5.74, 6) is -0.0922. The summed E-state index contributed by atoms with van der Waals surface area (Å²) in [6.45, 7) is 0.00601. The van der Waals surface area contributed by atoms with Gasteiger partial charge in [0.05, 0.1) is 24.5 Å². The lowest BCUT2D eigenvalue weighted by Crippen LogP contribution is -2.51. The van der Waals surface area contributed by atoms with E-state index in [1.165, 1.54) is 17.8 Å². The third-order valence-electron chi connectivity index (χ3n) is 9.34. The lowest BCUT2D eigenvalue weighted by atomic mass is 9.78. The molecular formula is C37H44ClNO8S. The molecule has 1 aromatic heterocycles. The Morgan fingerprint density at radius 2 is 1.71 bits per heavy atom. The second-order valence-corrected chi connectivity index (χ2v) is 14.2. The molecule has 2 aliphatic rings. The number of carbonyl (C=O) groups excluding carboxylic acids is 2. The molecule has 1 N–H and O–H groups in total. The van der Waals surface area contributed by atoms with Crippen LogP contribution in [-0.2, 0) is 25.5 Å². The first-order chi connectivity index (χ1) is 23.3. The van der Waals surface area contributed by atoms with E-state index in [9.17, 15) is 14.4 Å². The summed E-state index contributed by atoms with van der Waals surface area (Å²) in [6, 6.07) is 15.7. The molecule has 3 aromatic rings. The van der Waals surface area contributed by atoms with Gasteiger partial charge in [-0.25, -0.2) is 9.59 Å². The van der Waals surface area contributed by atoms with Crippen LogP contribution in [0.2, 0.25) is 4.34 Å². The molecule has 258 valence electrons. The summed E-state index contributed by atoms with van der Waals surface area (Å²) >= 11 is 7.80. The highest BCUT2D eigenvalue weighted by Crippen LogP contribution is 2.42. The Bertz CT molecular complexity index is 1550. The van der Waals surface area contributed by atoms with Crippen LogP contribution in [0.5, 0.6) is 17.2 Å². The van der Waals surface area contributed by atoms with Gasteiger partial charge in [-0.3, -0.25) is 4.79 Å². The summed E-state index contributed by atoms with van der Waals surface area (Å²) in [7, 11) is 3.16. The summed E-state index contributed by atoms with van der Waals surface area (Å²) in [4.78, 5) is 42.5. The number of hydrogen-bond acceptors (Lipinski definition) is 8. The number of thiophene rings is 1. The van der Waals surface area contributed by atoms with Gasteiger partial charge in [0.25, 0.3) is 0 Å². The van der Waals surface area contributed by atoms with Crippen molar-refractivity contribution in [3.8, 4) is 17.2 Å². The van der Waals surface area contributed by atoms with E-state index in [1.54, 1.807) is 37.3 Å². The fraction of sp³-hybridized carbons (Fsp3) is 0.486. The molecule has 2 fully saturated rings. The van der Waals surface area contributed by atoms with Crippen LogP contribution < -0.4 is 14.2 Å². The van der Waals surface area contributed by atoms with Crippen LogP contribution in [0.25, 0.3) is 0 Å². The number of rotatable bonds is 14. The lowest BCUT2D eigenvalue weighted by Gasteiger charge is -2.39. The van der Waals surface area contributed by atoms with Crippen molar-refractivity contribution in [2.75, 3.05) is 27.4 Å². The minimum Gasteiger partial charge on any atom is -0.493 e. The van der Waals surface area contributed by atoms with Crippen LogP contribution in [0.1, 0.15) is 85.8 Å². The van der Waals surface area contributed by atoms with E-state index in [4.69, 9.17) is 35.7 Å². The minimum atomic E-state index is -1.09. The first-order valence-electron chi connectivity index (χ1n) is 16.7. The quantitative estimate of drug-likeness (QED) is 0.170. The lowest BCUT2D eigenvalue weighted by molar-refractivity contribution is -0.163. The average Bonchev–Trinajstić information content (AvgIpc) is 3.54. The van der Waals surface area contributed by atoms with Crippen molar-refractivity contribution in [1.82, 2.24) is 4.90 Å². The molecule has 0 bridgehead atoms. The number of likely N-dealkylation sites (tertiary alicyclic amines) is 1. The number of amides is 1. The predicted octanol–water partition coefficient (Wildman–Crippen LogP) is 7.84. The van der Waals surface area contributed by atoms with E-state index in [1.807, 2.05) is 36.4 Å². The van der Waals surface area contributed by atoms with Crippen molar-refractivity contribution in [3.05, 3.63) is 74.9 Å². The van der Waals surface area contributed by atoms with E-state index in [2.05, 4.69) is 0 Å². The van der Waals surface area contributed by atoms with E-state index >= 15 is 0 Å². The Labute approximate surface area is 291 Å². The smallest absolute Gasteiger partial charge is 0.341 e. The molecule has 48 heavy (non-hydrogen) atoms. The molecule has 2 heterocycles. The van der Waals surface area contributed by atoms with E-state index in [0.29, 0.717) is 53.0 Å². The largest absolute Gasteiger partial charge is 0.493 e. The zero-order valence-electron chi connectivity index (χ0n) is 27.5. The molecular weight excluding hydrogens is 654 g/mol. The maximum atomic E-state index is 14.5. The van der Waals surface area contributed by atoms with Gasteiger partial charge in [-0.05, 0) is 98.4 Å². The highest BCUT2D eigenvalue weighted by molar-refractivity contribution is 7.16. The van der Waals surface area contributed by atoms with Gasteiger partial charge in [0.15, 0.2) is 18.1 Å². The van der Waals surface area contributed by atoms with Crippen molar-refractivity contribution in [1.29, 1.82) is 0 Å². The second kappa shape index (κ2) is 17.1. The number of aryl methyl sites for hydroxylation is 1. The van der Waals surface area contributed by atoms with Gasteiger partial charge in [0.1, 0.15) is 17.9 Å². The summed E-state index contributed by atoms with van der Waals surface area (Å²) in [5, 5.41) is 9.12. The zero-order valence-corrected chi connectivity index (χ0v) is 29.1.